The SMILES string of the molecule is [NH-]c1ccccc1[S-].[NH-]c1ccccc1[S-].[Ni]. The Balaban J connectivity index is 0.000000284. The third-order valence-electron chi connectivity index (χ3n) is 1.77. The molecule has 0 unspecified atom stereocenters. The number of hydrogen-bond donors (Lipinski definition) is 0. The van der Waals surface area contributed by atoms with Crippen LogP contribution in [0.3, 0.4) is 0 Å². The van der Waals surface area contributed by atoms with Crippen LogP contribution in [0.2, 0.25) is 0 Å². The molecule has 0 aliphatic heterocycles. The summed E-state index contributed by atoms with van der Waals surface area (Å²) < 4.78 is 0. The van der Waals surface area contributed by atoms with E-state index < -0.39 is 0 Å². The summed E-state index contributed by atoms with van der Waals surface area (Å²) in [5, 5.41) is 0. The maximum absolute atomic E-state index is 7.12. The van der Waals surface area contributed by atoms with E-state index in [0.717, 1.165) is 0 Å². The van der Waals surface area contributed by atoms with Gasteiger partial charge in [0.25, 0.3) is 0 Å². The standard InChI is InChI=1S/2C6H6NS.Ni/c2*7-5-3-1-2-4-6(5)8;/h2*1-4,7-8H;/q2*-1;/p-2. The number of nitrogens with one attached hydrogen (secondary N) is 2. The summed E-state index contributed by atoms with van der Waals surface area (Å²) in [5.74, 6) is 0. The van der Waals surface area contributed by atoms with Gasteiger partial charge in [-0.05, 0) is 0 Å². The van der Waals surface area contributed by atoms with Crippen molar-refractivity contribution in [1.82, 2.24) is 0 Å². The molecule has 0 radical (unpaired) electrons. The van der Waals surface area contributed by atoms with Gasteiger partial charge in [0.05, 0.1) is 0 Å². The van der Waals surface area contributed by atoms with Crippen LogP contribution in [0.25, 0.3) is 11.5 Å². The third-order valence-corrected chi connectivity index (χ3v) is 2.49. The van der Waals surface area contributed by atoms with Crippen molar-refractivity contribution in [2.24, 2.45) is 0 Å². The molecule has 5 heteroatoms. The summed E-state index contributed by atoms with van der Waals surface area (Å²) in [5.41, 5.74) is 15.1. The van der Waals surface area contributed by atoms with Crippen molar-refractivity contribution in [2.75, 3.05) is 0 Å². The second-order valence-corrected chi connectivity index (χ2v) is 3.87. The second kappa shape index (κ2) is 8.12. The molecule has 0 fully saturated rings. The summed E-state index contributed by atoms with van der Waals surface area (Å²) >= 11 is 9.53. The monoisotopic (exact) mass is 304 g/mol. The predicted molar refractivity (Wildman–Crippen MR) is 72.1 cm³/mol. The van der Waals surface area contributed by atoms with E-state index in [1.165, 1.54) is 0 Å². The van der Waals surface area contributed by atoms with Crippen LogP contribution in [0.1, 0.15) is 0 Å². The Morgan fingerprint density at radius 3 is 1.12 bits per heavy atom. The summed E-state index contributed by atoms with van der Waals surface area (Å²) in [4.78, 5) is 1.24. The minimum Gasteiger partial charge on any atom is -0.781 e. The first-order chi connectivity index (χ1) is 7.61. The molecule has 0 aliphatic carbocycles. The Labute approximate surface area is 123 Å². The molecular weight excluding hydrogens is 295 g/mol. The fraction of sp³-hybridized carbons (Fsp3) is 0. The largest absolute Gasteiger partial charge is 0.781 e. The van der Waals surface area contributed by atoms with Gasteiger partial charge in [0.15, 0.2) is 0 Å². The molecular formula is C12H10N2NiS2-4. The number of benzene rings is 2. The van der Waals surface area contributed by atoms with Gasteiger partial charge in [-0.1, -0.05) is 48.5 Å². The van der Waals surface area contributed by atoms with Crippen molar-refractivity contribution < 1.29 is 16.5 Å². The fourth-order valence-electron chi connectivity index (χ4n) is 0.933. The molecule has 0 amide bonds. The van der Waals surface area contributed by atoms with Crippen molar-refractivity contribution >= 4 is 36.6 Å². The minimum absolute atomic E-state index is 0. The molecule has 0 saturated heterocycles. The average Bonchev–Trinajstić information content (AvgIpc) is 2.28. The van der Waals surface area contributed by atoms with Crippen LogP contribution in [0.5, 0.6) is 0 Å². The smallest absolute Gasteiger partial charge is 0 e. The van der Waals surface area contributed by atoms with Gasteiger partial charge in [0.1, 0.15) is 0 Å². The van der Waals surface area contributed by atoms with Gasteiger partial charge in [0, 0.05) is 16.5 Å². The van der Waals surface area contributed by atoms with Gasteiger partial charge in [0.2, 0.25) is 0 Å². The Hall–Kier alpha value is -1.03. The summed E-state index contributed by atoms with van der Waals surface area (Å²) in [6.07, 6.45) is 0. The molecule has 0 spiro atoms. The van der Waals surface area contributed by atoms with Gasteiger partial charge in [-0.3, -0.25) is 0 Å². The Kier molecular flexibility index (Phi) is 7.63. The van der Waals surface area contributed by atoms with Crippen LogP contribution >= 0.6 is 0 Å². The summed E-state index contributed by atoms with van der Waals surface area (Å²) in [7, 11) is 0. The number of rotatable bonds is 0. The second-order valence-electron chi connectivity index (χ2n) is 2.99. The van der Waals surface area contributed by atoms with Crippen LogP contribution in [0.4, 0.5) is 11.4 Å². The molecule has 0 heterocycles. The van der Waals surface area contributed by atoms with Crippen LogP contribution in [0, 0.1) is 0 Å². The topological polar surface area (TPSA) is 47.6 Å². The molecule has 2 nitrogen and oxygen atoms in total. The van der Waals surface area contributed by atoms with Crippen molar-refractivity contribution in [3.63, 3.8) is 0 Å². The van der Waals surface area contributed by atoms with Gasteiger partial charge in [-0.25, -0.2) is 0 Å². The first kappa shape index (κ1) is 16.0. The molecule has 94 valence electrons. The Morgan fingerprint density at radius 1 is 0.647 bits per heavy atom. The van der Waals surface area contributed by atoms with Crippen LogP contribution in [0.15, 0.2) is 58.3 Å². The zero-order valence-corrected chi connectivity index (χ0v) is 11.4. The maximum atomic E-state index is 7.12. The van der Waals surface area contributed by atoms with Gasteiger partial charge >= 0.3 is 0 Å². The van der Waals surface area contributed by atoms with Crippen LogP contribution in [-0.2, 0) is 41.7 Å². The van der Waals surface area contributed by atoms with Crippen LogP contribution in [-0.4, -0.2) is 0 Å². The van der Waals surface area contributed by atoms with E-state index in [9.17, 15) is 0 Å². The van der Waals surface area contributed by atoms with E-state index in [1.54, 1.807) is 36.4 Å². The van der Waals surface area contributed by atoms with E-state index in [2.05, 4.69) is 0 Å². The molecule has 0 bridgehead atoms. The van der Waals surface area contributed by atoms with Gasteiger partial charge in [-0.2, -0.15) is 21.2 Å². The van der Waals surface area contributed by atoms with Gasteiger partial charge in [-0.15, -0.1) is 0 Å². The van der Waals surface area contributed by atoms with Crippen LogP contribution < -0.4 is 0 Å². The first-order valence-corrected chi connectivity index (χ1v) is 5.38. The van der Waals surface area contributed by atoms with Crippen molar-refractivity contribution in [3.8, 4) is 0 Å². The van der Waals surface area contributed by atoms with Crippen molar-refractivity contribution in [3.05, 3.63) is 60.0 Å². The zero-order chi connectivity index (χ0) is 12.0. The van der Waals surface area contributed by atoms with E-state index in [0.29, 0.717) is 21.2 Å². The fourth-order valence-corrected chi connectivity index (χ4v) is 1.23. The molecule has 2 aromatic carbocycles. The van der Waals surface area contributed by atoms with E-state index >= 15 is 0 Å². The average molecular weight is 305 g/mol. The summed E-state index contributed by atoms with van der Waals surface area (Å²) in [6, 6.07) is 14.1. The molecule has 2 rings (SSSR count). The Bertz CT molecular complexity index is 378. The maximum Gasteiger partial charge on any atom is 0 e. The molecule has 0 atom stereocenters. The summed E-state index contributed by atoms with van der Waals surface area (Å²) in [6.45, 7) is 0. The quantitative estimate of drug-likeness (QED) is 0.529. The third kappa shape index (κ3) is 5.73. The minimum atomic E-state index is 0. The van der Waals surface area contributed by atoms with Gasteiger partial charge < -0.3 is 36.7 Å². The first-order valence-electron chi connectivity index (χ1n) is 4.56. The Morgan fingerprint density at radius 2 is 0.941 bits per heavy atom. The van der Waals surface area contributed by atoms with E-state index in [1.807, 2.05) is 12.1 Å². The van der Waals surface area contributed by atoms with Crippen molar-refractivity contribution in [1.29, 1.82) is 0 Å². The molecule has 0 aliphatic rings. The van der Waals surface area contributed by atoms with E-state index in [-0.39, 0.29) is 16.5 Å². The molecule has 0 aromatic heterocycles. The van der Waals surface area contributed by atoms with Crippen molar-refractivity contribution in [2.45, 2.75) is 9.79 Å². The zero-order valence-electron chi connectivity index (χ0n) is 8.75. The molecule has 0 saturated carbocycles. The predicted octanol–water partition coefficient (Wildman–Crippen LogP) is 4.55. The number of hydrogen-bond acceptors (Lipinski definition) is 2. The molecule has 2 aromatic rings. The molecule has 17 heavy (non-hydrogen) atoms. The van der Waals surface area contributed by atoms with E-state index in [4.69, 9.17) is 36.7 Å². The molecule has 2 N–H and O–H groups in total. The normalized spacial score (nSPS) is 8.47.